The lowest BCUT2D eigenvalue weighted by molar-refractivity contribution is 0.503. The molecule has 3 N–H and O–H groups in total. The minimum absolute atomic E-state index is 0.270. The van der Waals surface area contributed by atoms with E-state index in [-0.39, 0.29) is 5.54 Å². The molecule has 1 aromatic heterocycles. The molecule has 0 aliphatic heterocycles. The maximum Gasteiger partial charge on any atom is 0.181 e. The Morgan fingerprint density at radius 2 is 1.94 bits per heavy atom. The number of nitrogens with zero attached hydrogens (tertiary/aromatic N) is 2. The molecule has 16 heavy (non-hydrogen) atoms. The van der Waals surface area contributed by atoms with Gasteiger partial charge in [-0.25, -0.2) is 4.98 Å². The summed E-state index contributed by atoms with van der Waals surface area (Å²) >= 11 is 0. The van der Waals surface area contributed by atoms with Gasteiger partial charge < -0.3 is 5.73 Å². The van der Waals surface area contributed by atoms with Gasteiger partial charge in [0.15, 0.2) is 5.82 Å². The van der Waals surface area contributed by atoms with Crippen LogP contribution in [0.15, 0.2) is 30.3 Å². The molecule has 0 unspecified atom stereocenters. The van der Waals surface area contributed by atoms with Crippen molar-refractivity contribution in [2.24, 2.45) is 5.73 Å². The molecule has 0 atom stereocenters. The largest absolute Gasteiger partial charge is 0.325 e. The van der Waals surface area contributed by atoms with Crippen LogP contribution in [0.4, 0.5) is 0 Å². The fourth-order valence-electron chi connectivity index (χ4n) is 1.52. The Balaban J connectivity index is 2.21. The lowest BCUT2D eigenvalue weighted by atomic mass is 10.0. The van der Waals surface area contributed by atoms with Crippen molar-refractivity contribution in [2.45, 2.75) is 25.8 Å². The van der Waals surface area contributed by atoms with Gasteiger partial charge >= 0.3 is 0 Å². The van der Waals surface area contributed by atoms with Crippen LogP contribution in [-0.2, 0) is 6.42 Å². The van der Waals surface area contributed by atoms with Gasteiger partial charge in [0, 0.05) is 17.5 Å². The molecule has 0 fully saturated rings. The normalized spacial score (nSPS) is 11.7. The lowest BCUT2D eigenvalue weighted by Gasteiger charge is -2.15. The Morgan fingerprint density at radius 1 is 1.25 bits per heavy atom. The highest BCUT2D eigenvalue weighted by molar-refractivity contribution is 5.53. The van der Waals surface area contributed by atoms with E-state index in [9.17, 15) is 0 Å². The van der Waals surface area contributed by atoms with Gasteiger partial charge in [0.05, 0.1) is 0 Å². The quantitative estimate of drug-likeness (QED) is 0.821. The summed E-state index contributed by atoms with van der Waals surface area (Å²) in [5, 5.41) is 7.10. The maximum absolute atomic E-state index is 5.93. The smallest absolute Gasteiger partial charge is 0.181 e. The van der Waals surface area contributed by atoms with Crippen LogP contribution in [0.2, 0.25) is 0 Å². The van der Waals surface area contributed by atoms with Crippen LogP contribution in [0.1, 0.15) is 19.7 Å². The molecule has 0 saturated heterocycles. The Bertz CT molecular complexity index is 453. The number of H-pyrrole nitrogens is 1. The average Bonchev–Trinajstić information content (AvgIpc) is 2.65. The molecule has 0 spiro atoms. The number of nitrogens with two attached hydrogens (primary N) is 1. The first kappa shape index (κ1) is 10.8. The Labute approximate surface area is 94.9 Å². The van der Waals surface area contributed by atoms with Crippen molar-refractivity contribution < 1.29 is 0 Å². The molecular weight excluding hydrogens is 200 g/mol. The lowest BCUT2D eigenvalue weighted by Crippen LogP contribution is -2.34. The fourth-order valence-corrected chi connectivity index (χ4v) is 1.52. The summed E-state index contributed by atoms with van der Waals surface area (Å²) in [6.45, 7) is 3.94. The van der Waals surface area contributed by atoms with Crippen molar-refractivity contribution >= 4 is 0 Å². The average molecular weight is 216 g/mol. The van der Waals surface area contributed by atoms with Crippen molar-refractivity contribution in [1.29, 1.82) is 0 Å². The van der Waals surface area contributed by atoms with Gasteiger partial charge in [-0.3, -0.25) is 5.10 Å². The number of hydrogen-bond acceptors (Lipinski definition) is 3. The summed E-state index contributed by atoms with van der Waals surface area (Å²) in [4.78, 5) is 4.42. The summed E-state index contributed by atoms with van der Waals surface area (Å²) in [6.07, 6.45) is 0.687. The molecule has 0 aliphatic carbocycles. The van der Waals surface area contributed by atoms with Gasteiger partial charge in [-0.1, -0.05) is 30.3 Å². The zero-order chi connectivity index (χ0) is 11.6. The van der Waals surface area contributed by atoms with Gasteiger partial charge in [0.25, 0.3) is 0 Å². The van der Waals surface area contributed by atoms with Crippen LogP contribution < -0.4 is 5.73 Å². The summed E-state index contributed by atoms with van der Waals surface area (Å²) in [6, 6.07) is 9.89. The number of aromatic nitrogens is 3. The first-order valence-corrected chi connectivity index (χ1v) is 5.30. The second-order valence-corrected chi connectivity index (χ2v) is 4.64. The van der Waals surface area contributed by atoms with E-state index in [0.717, 1.165) is 17.2 Å². The van der Waals surface area contributed by atoms with Crippen molar-refractivity contribution in [1.82, 2.24) is 15.2 Å². The molecule has 1 heterocycles. The van der Waals surface area contributed by atoms with E-state index >= 15 is 0 Å². The number of hydrogen-bond donors (Lipinski definition) is 2. The number of rotatable bonds is 3. The van der Waals surface area contributed by atoms with Crippen LogP contribution in [-0.4, -0.2) is 20.7 Å². The molecular formula is C12H16N4. The third-order valence-corrected chi connectivity index (χ3v) is 2.19. The third-order valence-electron chi connectivity index (χ3n) is 2.19. The van der Waals surface area contributed by atoms with E-state index in [1.807, 2.05) is 44.2 Å². The van der Waals surface area contributed by atoms with Crippen molar-refractivity contribution in [3.8, 4) is 11.4 Å². The van der Waals surface area contributed by atoms with Crippen LogP contribution in [0.3, 0.4) is 0 Å². The predicted octanol–water partition coefficient (Wildman–Crippen LogP) is 1.75. The van der Waals surface area contributed by atoms with Crippen LogP contribution in [0.5, 0.6) is 0 Å². The second kappa shape index (κ2) is 4.06. The van der Waals surface area contributed by atoms with E-state index in [4.69, 9.17) is 5.73 Å². The molecule has 0 aliphatic rings. The van der Waals surface area contributed by atoms with E-state index < -0.39 is 0 Å². The fraction of sp³-hybridized carbons (Fsp3) is 0.333. The van der Waals surface area contributed by atoms with Gasteiger partial charge in [-0.05, 0) is 13.8 Å². The van der Waals surface area contributed by atoms with Crippen LogP contribution in [0, 0.1) is 0 Å². The molecule has 2 aromatic rings. The van der Waals surface area contributed by atoms with Gasteiger partial charge in [0.1, 0.15) is 5.82 Å². The van der Waals surface area contributed by atoms with Crippen molar-refractivity contribution in [3.63, 3.8) is 0 Å². The van der Waals surface area contributed by atoms with Gasteiger partial charge in [0.2, 0.25) is 0 Å². The summed E-state index contributed by atoms with van der Waals surface area (Å²) in [7, 11) is 0. The Hall–Kier alpha value is -1.68. The van der Waals surface area contributed by atoms with Gasteiger partial charge in [-0.2, -0.15) is 5.10 Å². The molecule has 0 saturated carbocycles. The molecule has 0 bridgehead atoms. The highest BCUT2D eigenvalue weighted by Crippen LogP contribution is 2.14. The molecule has 4 heteroatoms. The summed E-state index contributed by atoms with van der Waals surface area (Å²) in [5.41, 5.74) is 6.67. The van der Waals surface area contributed by atoms with Gasteiger partial charge in [-0.15, -0.1) is 0 Å². The zero-order valence-electron chi connectivity index (χ0n) is 9.57. The standard InChI is InChI=1S/C12H16N4/c1-12(2,13)8-10-14-11(16-15-10)9-6-4-3-5-7-9/h3-7H,8,13H2,1-2H3,(H,14,15,16). The van der Waals surface area contributed by atoms with Crippen LogP contribution in [0.25, 0.3) is 11.4 Å². The summed E-state index contributed by atoms with van der Waals surface area (Å²) < 4.78 is 0. The predicted molar refractivity (Wildman–Crippen MR) is 63.8 cm³/mol. The first-order chi connectivity index (χ1) is 7.54. The monoisotopic (exact) mass is 216 g/mol. The topological polar surface area (TPSA) is 67.6 Å². The van der Waals surface area contributed by atoms with Crippen molar-refractivity contribution in [2.75, 3.05) is 0 Å². The number of nitrogens with one attached hydrogen (secondary N) is 1. The SMILES string of the molecule is CC(C)(N)Cc1nc(-c2ccccc2)n[nH]1. The molecule has 84 valence electrons. The Kier molecular flexibility index (Phi) is 2.75. The zero-order valence-corrected chi connectivity index (χ0v) is 9.57. The molecule has 4 nitrogen and oxygen atoms in total. The van der Waals surface area contributed by atoms with E-state index in [0.29, 0.717) is 6.42 Å². The Morgan fingerprint density at radius 3 is 2.56 bits per heavy atom. The van der Waals surface area contributed by atoms with E-state index in [1.165, 1.54) is 0 Å². The number of benzene rings is 1. The highest BCUT2D eigenvalue weighted by Gasteiger charge is 2.15. The molecule has 0 radical (unpaired) electrons. The third kappa shape index (κ3) is 2.67. The maximum atomic E-state index is 5.93. The summed E-state index contributed by atoms with van der Waals surface area (Å²) in [5.74, 6) is 1.55. The molecule has 1 aromatic carbocycles. The van der Waals surface area contributed by atoms with Crippen LogP contribution >= 0.6 is 0 Å². The van der Waals surface area contributed by atoms with Crippen molar-refractivity contribution in [3.05, 3.63) is 36.2 Å². The minimum atomic E-state index is -0.270. The molecule has 2 rings (SSSR count). The minimum Gasteiger partial charge on any atom is -0.325 e. The second-order valence-electron chi connectivity index (χ2n) is 4.64. The van der Waals surface area contributed by atoms with E-state index in [1.54, 1.807) is 0 Å². The van der Waals surface area contributed by atoms with E-state index in [2.05, 4.69) is 15.2 Å². The first-order valence-electron chi connectivity index (χ1n) is 5.30. The highest BCUT2D eigenvalue weighted by atomic mass is 15.2. The molecule has 0 amide bonds. The number of aromatic amines is 1.